The summed E-state index contributed by atoms with van der Waals surface area (Å²) < 4.78 is 55.4. The molecule has 0 aliphatic rings. The van der Waals surface area contributed by atoms with Gasteiger partial charge in [0.15, 0.2) is 0 Å². The molecule has 176 valence electrons. The van der Waals surface area contributed by atoms with Crippen LogP contribution in [0, 0.1) is 11.6 Å². The molecule has 1 aromatic heterocycles. The molecule has 1 heterocycles. The Bertz CT molecular complexity index is 1140. The molecule has 0 saturated heterocycles. The lowest BCUT2D eigenvalue weighted by Crippen LogP contribution is -2.48. The lowest BCUT2D eigenvalue weighted by atomic mass is 10.0. The van der Waals surface area contributed by atoms with Gasteiger partial charge in [0.1, 0.15) is 16.5 Å². The van der Waals surface area contributed by atoms with Gasteiger partial charge in [-0.15, -0.1) is 0 Å². The van der Waals surface area contributed by atoms with Crippen LogP contribution in [0.25, 0.3) is 0 Å². The highest BCUT2D eigenvalue weighted by Gasteiger charge is 2.26. The summed E-state index contributed by atoms with van der Waals surface area (Å²) in [6.45, 7) is 2.60. The van der Waals surface area contributed by atoms with Gasteiger partial charge in [-0.2, -0.15) is 0 Å². The molecule has 2 aromatic carbocycles. The molecule has 0 aliphatic carbocycles. The Morgan fingerprint density at radius 2 is 1.73 bits per heavy atom. The van der Waals surface area contributed by atoms with E-state index in [0.717, 1.165) is 30.2 Å². The Kier molecular flexibility index (Phi) is 8.62. The van der Waals surface area contributed by atoms with Gasteiger partial charge in [-0.1, -0.05) is 31.2 Å². The number of hydrogen-bond acceptors (Lipinski definition) is 5. The summed E-state index contributed by atoms with van der Waals surface area (Å²) in [6, 6.07) is 12.8. The van der Waals surface area contributed by atoms with Crippen molar-refractivity contribution in [3.63, 3.8) is 0 Å². The van der Waals surface area contributed by atoms with E-state index in [1.54, 1.807) is 0 Å². The molecule has 2 atom stereocenters. The fraction of sp³-hybridized carbons (Fsp3) is 0.292. The maximum Gasteiger partial charge on any atom is 0.242 e. The molecule has 3 aromatic rings. The first-order valence-electron chi connectivity index (χ1n) is 10.6. The second-order valence-electron chi connectivity index (χ2n) is 7.77. The average Bonchev–Trinajstić information content (AvgIpc) is 2.78. The van der Waals surface area contributed by atoms with E-state index in [4.69, 9.17) is 0 Å². The molecule has 0 bridgehead atoms. The first kappa shape index (κ1) is 24.9. The van der Waals surface area contributed by atoms with Crippen molar-refractivity contribution >= 4 is 10.0 Å². The maximum absolute atomic E-state index is 13.7. The zero-order valence-corrected chi connectivity index (χ0v) is 19.0. The normalized spacial score (nSPS) is 13.6. The standard InChI is InChI=1S/C24H27F2N3O3S/c1-2-17-5-3-6-18(9-17)14-28-16-24(30)23(12-19-10-20(25)13-21(26)11-19)29-33(31,32)22-7-4-8-27-15-22/h3-11,13,15,23-24,28-30H,2,12,14,16H2,1H3/t23-,24+/m1/s1. The summed E-state index contributed by atoms with van der Waals surface area (Å²) in [5.41, 5.74) is 2.44. The van der Waals surface area contributed by atoms with E-state index in [9.17, 15) is 22.3 Å². The van der Waals surface area contributed by atoms with Crippen molar-refractivity contribution in [1.29, 1.82) is 0 Å². The number of aliphatic hydroxyl groups is 1. The molecule has 0 aliphatic heterocycles. The Hall–Kier alpha value is -2.72. The molecule has 3 N–H and O–H groups in total. The second-order valence-corrected chi connectivity index (χ2v) is 9.48. The molecule has 9 heteroatoms. The fourth-order valence-corrected chi connectivity index (χ4v) is 4.71. The van der Waals surface area contributed by atoms with Gasteiger partial charge >= 0.3 is 0 Å². The third kappa shape index (κ3) is 7.40. The number of aromatic nitrogens is 1. The van der Waals surface area contributed by atoms with E-state index in [1.165, 1.54) is 30.1 Å². The number of sulfonamides is 1. The number of benzene rings is 2. The van der Waals surface area contributed by atoms with E-state index in [0.29, 0.717) is 6.54 Å². The van der Waals surface area contributed by atoms with Gasteiger partial charge in [0.25, 0.3) is 0 Å². The van der Waals surface area contributed by atoms with E-state index < -0.39 is 33.8 Å². The van der Waals surface area contributed by atoms with Crippen LogP contribution >= 0.6 is 0 Å². The Morgan fingerprint density at radius 3 is 2.39 bits per heavy atom. The Labute approximate surface area is 192 Å². The number of hydrogen-bond donors (Lipinski definition) is 3. The lowest BCUT2D eigenvalue weighted by Gasteiger charge is -2.25. The maximum atomic E-state index is 13.7. The van der Waals surface area contributed by atoms with Crippen LogP contribution in [0.2, 0.25) is 0 Å². The SMILES string of the molecule is CCc1cccc(CNC[C@H](O)[C@@H](Cc2cc(F)cc(F)c2)NS(=O)(=O)c2cccnc2)c1. The number of nitrogens with zero attached hydrogens (tertiary/aromatic N) is 1. The molecule has 0 saturated carbocycles. The molecule has 0 radical (unpaired) electrons. The van der Waals surface area contributed by atoms with Crippen LogP contribution in [-0.4, -0.2) is 37.2 Å². The average molecular weight is 476 g/mol. The molecule has 6 nitrogen and oxygen atoms in total. The molecule has 0 spiro atoms. The van der Waals surface area contributed by atoms with E-state index >= 15 is 0 Å². The molecule has 3 rings (SSSR count). The predicted octanol–water partition coefficient (Wildman–Crippen LogP) is 2.96. The van der Waals surface area contributed by atoms with Crippen LogP contribution in [0.1, 0.15) is 23.6 Å². The largest absolute Gasteiger partial charge is 0.390 e. The minimum absolute atomic E-state index is 0.0639. The van der Waals surface area contributed by atoms with Crippen LogP contribution in [0.3, 0.4) is 0 Å². The Morgan fingerprint density at radius 1 is 1.00 bits per heavy atom. The predicted molar refractivity (Wildman–Crippen MR) is 122 cm³/mol. The van der Waals surface area contributed by atoms with Gasteiger partial charge in [-0.3, -0.25) is 4.98 Å². The first-order valence-corrected chi connectivity index (χ1v) is 12.1. The van der Waals surface area contributed by atoms with Crippen LogP contribution in [0.5, 0.6) is 0 Å². The van der Waals surface area contributed by atoms with Crippen LogP contribution in [0.4, 0.5) is 8.78 Å². The van der Waals surface area contributed by atoms with Gasteiger partial charge in [-0.05, 0) is 53.8 Å². The van der Waals surface area contributed by atoms with E-state index in [2.05, 4.69) is 28.0 Å². The van der Waals surface area contributed by atoms with Crippen molar-refractivity contribution in [3.05, 3.63) is 95.3 Å². The molecule has 0 fully saturated rings. The van der Waals surface area contributed by atoms with Crippen molar-refractivity contribution in [2.75, 3.05) is 6.54 Å². The van der Waals surface area contributed by atoms with E-state index in [1.807, 2.05) is 18.2 Å². The lowest BCUT2D eigenvalue weighted by molar-refractivity contribution is 0.134. The topological polar surface area (TPSA) is 91.3 Å². The van der Waals surface area contributed by atoms with Crippen LogP contribution in [0.15, 0.2) is 71.9 Å². The molecule has 0 unspecified atom stereocenters. The molecular weight excluding hydrogens is 448 g/mol. The van der Waals surface area contributed by atoms with Gasteiger partial charge in [0.2, 0.25) is 10.0 Å². The second kappa shape index (κ2) is 11.4. The minimum atomic E-state index is -4.02. The summed E-state index contributed by atoms with van der Waals surface area (Å²) in [6.07, 6.45) is 2.25. The van der Waals surface area contributed by atoms with Crippen LogP contribution < -0.4 is 10.0 Å². The summed E-state index contributed by atoms with van der Waals surface area (Å²) in [4.78, 5) is 3.74. The number of nitrogens with one attached hydrogen (secondary N) is 2. The summed E-state index contributed by atoms with van der Waals surface area (Å²) in [7, 11) is -4.02. The Balaban J connectivity index is 1.74. The number of rotatable bonds is 11. The number of aryl methyl sites for hydroxylation is 1. The summed E-state index contributed by atoms with van der Waals surface area (Å²) in [5, 5.41) is 13.9. The van der Waals surface area contributed by atoms with Crippen LogP contribution in [-0.2, 0) is 29.4 Å². The van der Waals surface area contributed by atoms with Crippen molar-refractivity contribution < 1.29 is 22.3 Å². The quantitative estimate of drug-likeness (QED) is 0.397. The highest BCUT2D eigenvalue weighted by atomic mass is 32.2. The zero-order chi connectivity index (χ0) is 23.8. The van der Waals surface area contributed by atoms with Crippen molar-refractivity contribution in [1.82, 2.24) is 15.0 Å². The summed E-state index contributed by atoms with van der Waals surface area (Å²) in [5.74, 6) is -1.55. The van der Waals surface area contributed by atoms with Crippen molar-refractivity contribution in [2.24, 2.45) is 0 Å². The number of halogens is 2. The highest BCUT2D eigenvalue weighted by molar-refractivity contribution is 7.89. The minimum Gasteiger partial charge on any atom is -0.390 e. The van der Waals surface area contributed by atoms with Gasteiger partial charge < -0.3 is 10.4 Å². The first-order chi connectivity index (χ1) is 15.8. The van der Waals surface area contributed by atoms with Gasteiger partial charge in [0, 0.05) is 31.5 Å². The van der Waals surface area contributed by atoms with E-state index in [-0.39, 0.29) is 23.4 Å². The van der Waals surface area contributed by atoms with Gasteiger partial charge in [-0.25, -0.2) is 21.9 Å². The number of aliphatic hydroxyl groups excluding tert-OH is 1. The van der Waals surface area contributed by atoms with Crippen molar-refractivity contribution in [3.8, 4) is 0 Å². The smallest absolute Gasteiger partial charge is 0.242 e. The molecular formula is C24H27F2N3O3S. The zero-order valence-electron chi connectivity index (χ0n) is 18.2. The van der Waals surface area contributed by atoms with Crippen molar-refractivity contribution in [2.45, 2.75) is 43.4 Å². The third-order valence-corrected chi connectivity index (χ3v) is 6.65. The molecule has 0 amide bonds. The summed E-state index contributed by atoms with van der Waals surface area (Å²) >= 11 is 0. The number of pyridine rings is 1. The monoisotopic (exact) mass is 475 g/mol. The molecule has 33 heavy (non-hydrogen) atoms. The van der Waals surface area contributed by atoms with Gasteiger partial charge in [0.05, 0.1) is 12.1 Å². The third-order valence-electron chi connectivity index (χ3n) is 5.18. The highest BCUT2D eigenvalue weighted by Crippen LogP contribution is 2.15. The fourth-order valence-electron chi connectivity index (χ4n) is 3.48.